The van der Waals surface area contributed by atoms with Gasteiger partial charge in [-0.25, -0.2) is 0 Å². The average Bonchev–Trinajstić information content (AvgIpc) is 2.56. The minimum Gasteiger partial charge on any atom is -0.298 e. The van der Waals surface area contributed by atoms with Crippen LogP contribution in [0.4, 0.5) is 0 Å². The van der Waals surface area contributed by atoms with Gasteiger partial charge in [-0.15, -0.1) is 0 Å². The molecule has 0 saturated carbocycles. The van der Waals surface area contributed by atoms with Crippen molar-refractivity contribution < 1.29 is 0 Å². The Hall–Kier alpha value is -1.67. The lowest BCUT2D eigenvalue weighted by atomic mass is 9.93. The van der Waals surface area contributed by atoms with Crippen LogP contribution in [0.5, 0.6) is 0 Å². The third-order valence-corrected chi connectivity index (χ3v) is 4.54. The van der Waals surface area contributed by atoms with Crippen molar-refractivity contribution in [3.05, 3.63) is 53.9 Å². The molecule has 0 unspecified atom stereocenters. The number of nitrogens with zero attached hydrogens (tertiary/aromatic N) is 2. The van der Waals surface area contributed by atoms with Crippen molar-refractivity contribution in [3.8, 4) is 11.1 Å². The second-order valence-electron chi connectivity index (χ2n) is 6.61. The number of piperidine rings is 1. The van der Waals surface area contributed by atoms with Gasteiger partial charge in [0.2, 0.25) is 0 Å². The zero-order valence-corrected chi connectivity index (χ0v) is 13.8. The Kier molecular flexibility index (Phi) is 4.89. The maximum Gasteiger partial charge on any atom is 0.0550 e. The van der Waals surface area contributed by atoms with E-state index < -0.39 is 0 Å². The van der Waals surface area contributed by atoms with Gasteiger partial charge in [-0.1, -0.05) is 44.5 Å². The number of rotatable bonds is 4. The molecule has 0 spiro atoms. The average molecular weight is 294 g/mol. The number of benzene rings is 1. The van der Waals surface area contributed by atoms with Gasteiger partial charge in [0.25, 0.3) is 0 Å². The van der Waals surface area contributed by atoms with E-state index in [2.05, 4.69) is 60.1 Å². The minimum atomic E-state index is 0.537. The topological polar surface area (TPSA) is 16.1 Å². The molecule has 3 rings (SSSR count). The van der Waals surface area contributed by atoms with Crippen LogP contribution in [-0.4, -0.2) is 23.0 Å². The Morgan fingerprint density at radius 2 is 1.82 bits per heavy atom. The summed E-state index contributed by atoms with van der Waals surface area (Å²) in [5, 5.41) is 0. The molecule has 0 N–H and O–H groups in total. The maximum atomic E-state index is 4.59. The SMILES string of the molecule is CC(C)c1ccccc1-c1ccnc(CN2CCCCC2)c1. The molecule has 1 aromatic heterocycles. The fourth-order valence-corrected chi connectivity index (χ4v) is 3.34. The molecule has 1 aliphatic rings. The van der Waals surface area contributed by atoms with Gasteiger partial charge in [0.1, 0.15) is 0 Å². The van der Waals surface area contributed by atoms with Crippen molar-refractivity contribution in [1.29, 1.82) is 0 Å². The van der Waals surface area contributed by atoms with Crippen molar-refractivity contribution in [2.45, 2.75) is 45.6 Å². The fraction of sp³-hybridized carbons (Fsp3) is 0.450. The van der Waals surface area contributed by atoms with Gasteiger partial charge in [0.05, 0.1) is 5.69 Å². The van der Waals surface area contributed by atoms with Crippen LogP contribution < -0.4 is 0 Å². The second-order valence-corrected chi connectivity index (χ2v) is 6.61. The van der Waals surface area contributed by atoms with Crippen LogP contribution >= 0.6 is 0 Å². The highest BCUT2D eigenvalue weighted by atomic mass is 15.1. The van der Waals surface area contributed by atoms with Crippen LogP contribution in [0.25, 0.3) is 11.1 Å². The smallest absolute Gasteiger partial charge is 0.0550 e. The van der Waals surface area contributed by atoms with E-state index in [1.165, 1.54) is 54.7 Å². The Bertz CT molecular complexity index is 613. The van der Waals surface area contributed by atoms with E-state index in [9.17, 15) is 0 Å². The molecule has 116 valence electrons. The van der Waals surface area contributed by atoms with Crippen LogP contribution in [0.2, 0.25) is 0 Å². The Labute approximate surface area is 134 Å². The number of pyridine rings is 1. The molecule has 1 saturated heterocycles. The number of likely N-dealkylation sites (tertiary alicyclic amines) is 1. The van der Waals surface area contributed by atoms with Gasteiger partial charge in [-0.3, -0.25) is 9.88 Å². The molecule has 1 aliphatic heterocycles. The number of hydrogen-bond acceptors (Lipinski definition) is 2. The van der Waals surface area contributed by atoms with E-state index in [4.69, 9.17) is 0 Å². The normalized spacial score (nSPS) is 16.1. The molecular weight excluding hydrogens is 268 g/mol. The molecule has 0 atom stereocenters. The highest BCUT2D eigenvalue weighted by Crippen LogP contribution is 2.29. The molecule has 22 heavy (non-hydrogen) atoms. The summed E-state index contributed by atoms with van der Waals surface area (Å²) < 4.78 is 0. The molecule has 0 amide bonds. The zero-order chi connectivity index (χ0) is 15.4. The number of hydrogen-bond donors (Lipinski definition) is 0. The summed E-state index contributed by atoms with van der Waals surface area (Å²) in [6, 6.07) is 13.2. The van der Waals surface area contributed by atoms with Crippen LogP contribution in [0.1, 0.15) is 50.3 Å². The predicted octanol–water partition coefficient (Wildman–Crippen LogP) is 4.86. The van der Waals surface area contributed by atoms with Crippen LogP contribution in [0.3, 0.4) is 0 Å². The summed E-state index contributed by atoms with van der Waals surface area (Å²) in [6.45, 7) is 7.93. The van der Waals surface area contributed by atoms with Crippen LogP contribution in [0.15, 0.2) is 42.6 Å². The minimum absolute atomic E-state index is 0.537. The molecule has 0 aliphatic carbocycles. The molecular formula is C20H26N2. The summed E-state index contributed by atoms with van der Waals surface area (Å²) in [6.07, 6.45) is 6.00. The zero-order valence-electron chi connectivity index (χ0n) is 13.8. The van der Waals surface area contributed by atoms with Crippen molar-refractivity contribution in [2.24, 2.45) is 0 Å². The van der Waals surface area contributed by atoms with E-state index in [1.54, 1.807) is 0 Å². The molecule has 1 aromatic carbocycles. The number of aromatic nitrogens is 1. The summed E-state index contributed by atoms with van der Waals surface area (Å²) in [7, 11) is 0. The Balaban J connectivity index is 1.85. The largest absolute Gasteiger partial charge is 0.298 e. The monoisotopic (exact) mass is 294 g/mol. The van der Waals surface area contributed by atoms with E-state index in [-0.39, 0.29) is 0 Å². The third kappa shape index (κ3) is 3.56. The molecule has 0 radical (unpaired) electrons. The highest BCUT2D eigenvalue weighted by molar-refractivity contribution is 5.68. The molecule has 0 bridgehead atoms. The lowest BCUT2D eigenvalue weighted by Gasteiger charge is -2.26. The van der Waals surface area contributed by atoms with Crippen LogP contribution in [-0.2, 0) is 6.54 Å². The lowest BCUT2D eigenvalue weighted by Crippen LogP contribution is -2.29. The van der Waals surface area contributed by atoms with Crippen LogP contribution in [0, 0.1) is 0 Å². The first-order valence-corrected chi connectivity index (χ1v) is 8.50. The second kappa shape index (κ2) is 7.06. The van der Waals surface area contributed by atoms with Gasteiger partial charge in [-0.2, -0.15) is 0 Å². The van der Waals surface area contributed by atoms with Gasteiger partial charge in [0, 0.05) is 12.7 Å². The standard InChI is InChI=1S/C20H26N2/c1-16(2)19-8-4-5-9-20(19)17-10-11-21-18(14-17)15-22-12-6-3-7-13-22/h4-5,8-11,14,16H,3,6-7,12-13,15H2,1-2H3. The molecule has 2 nitrogen and oxygen atoms in total. The summed E-state index contributed by atoms with van der Waals surface area (Å²) in [4.78, 5) is 7.12. The third-order valence-electron chi connectivity index (χ3n) is 4.54. The Morgan fingerprint density at radius 1 is 1.05 bits per heavy atom. The van der Waals surface area contributed by atoms with Gasteiger partial charge in [0.15, 0.2) is 0 Å². The first kappa shape index (κ1) is 15.2. The quantitative estimate of drug-likeness (QED) is 0.800. The first-order chi connectivity index (χ1) is 10.7. The maximum absolute atomic E-state index is 4.59. The van der Waals surface area contributed by atoms with Crippen molar-refractivity contribution in [3.63, 3.8) is 0 Å². The van der Waals surface area contributed by atoms with Gasteiger partial charge < -0.3 is 0 Å². The molecule has 2 heterocycles. The summed E-state index contributed by atoms with van der Waals surface area (Å²) in [5.41, 5.74) is 5.25. The van der Waals surface area contributed by atoms with Gasteiger partial charge >= 0.3 is 0 Å². The van der Waals surface area contributed by atoms with Crippen molar-refractivity contribution in [1.82, 2.24) is 9.88 Å². The first-order valence-electron chi connectivity index (χ1n) is 8.50. The van der Waals surface area contributed by atoms with Gasteiger partial charge in [-0.05, 0) is 60.7 Å². The highest BCUT2D eigenvalue weighted by Gasteiger charge is 2.13. The molecule has 1 fully saturated rings. The summed E-state index contributed by atoms with van der Waals surface area (Å²) in [5.74, 6) is 0.537. The fourth-order valence-electron chi connectivity index (χ4n) is 3.34. The molecule has 2 aromatic rings. The Morgan fingerprint density at radius 3 is 2.59 bits per heavy atom. The predicted molar refractivity (Wildman–Crippen MR) is 92.9 cm³/mol. The van der Waals surface area contributed by atoms with Crippen molar-refractivity contribution in [2.75, 3.05) is 13.1 Å². The van der Waals surface area contributed by atoms with E-state index in [0.717, 1.165) is 6.54 Å². The molecule has 2 heteroatoms. The van der Waals surface area contributed by atoms with E-state index in [1.807, 2.05) is 6.20 Å². The van der Waals surface area contributed by atoms with E-state index in [0.29, 0.717) is 5.92 Å². The lowest BCUT2D eigenvalue weighted by molar-refractivity contribution is 0.218. The summed E-state index contributed by atoms with van der Waals surface area (Å²) >= 11 is 0. The van der Waals surface area contributed by atoms with Crippen molar-refractivity contribution >= 4 is 0 Å². The van der Waals surface area contributed by atoms with E-state index >= 15 is 0 Å².